The predicted molar refractivity (Wildman–Crippen MR) is 82.9 cm³/mol. The van der Waals surface area contributed by atoms with Gasteiger partial charge in [-0.2, -0.15) is 11.8 Å². The summed E-state index contributed by atoms with van der Waals surface area (Å²) in [5, 5.41) is 0. The van der Waals surface area contributed by atoms with Crippen molar-refractivity contribution >= 4 is 23.5 Å². The molecule has 1 aromatic rings. The van der Waals surface area contributed by atoms with Gasteiger partial charge in [-0.1, -0.05) is 12.1 Å². The highest BCUT2D eigenvalue weighted by Gasteiger charge is 2.44. The number of hydrogen-bond acceptors (Lipinski definition) is 5. The molecule has 1 aliphatic carbocycles. The lowest BCUT2D eigenvalue weighted by Gasteiger charge is -2.12. The van der Waals surface area contributed by atoms with Gasteiger partial charge in [-0.05, 0) is 36.1 Å². The number of esters is 1. The van der Waals surface area contributed by atoms with Crippen LogP contribution in [-0.4, -0.2) is 37.5 Å². The first-order chi connectivity index (χ1) is 10.1. The van der Waals surface area contributed by atoms with Crippen LogP contribution in [0.25, 0.3) is 0 Å². The highest BCUT2D eigenvalue weighted by molar-refractivity contribution is 8.00. The molecule has 0 amide bonds. The summed E-state index contributed by atoms with van der Waals surface area (Å²) < 4.78 is 9.84. The predicted octanol–water partition coefficient (Wildman–Crippen LogP) is 2.95. The van der Waals surface area contributed by atoms with Gasteiger partial charge in [0.15, 0.2) is 5.78 Å². The molecule has 0 aromatic heterocycles. The Morgan fingerprint density at radius 2 is 2.05 bits per heavy atom. The lowest BCUT2D eigenvalue weighted by atomic mass is 10.1. The van der Waals surface area contributed by atoms with Gasteiger partial charge >= 0.3 is 5.97 Å². The first-order valence-corrected chi connectivity index (χ1v) is 8.06. The van der Waals surface area contributed by atoms with Crippen molar-refractivity contribution in [3.8, 4) is 5.75 Å². The minimum Gasteiger partial charge on any atom is -0.497 e. The van der Waals surface area contributed by atoms with Crippen LogP contribution in [0.2, 0.25) is 0 Å². The third-order valence-corrected chi connectivity index (χ3v) is 5.02. The van der Waals surface area contributed by atoms with Crippen LogP contribution in [0.5, 0.6) is 5.75 Å². The molecule has 4 nitrogen and oxygen atoms in total. The first-order valence-electron chi connectivity index (χ1n) is 6.90. The number of methoxy groups -OCH3 is 2. The Labute approximate surface area is 129 Å². The Balaban J connectivity index is 1.80. The molecule has 0 spiro atoms. The maximum atomic E-state index is 12.1. The monoisotopic (exact) mass is 308 g/mol. The van der Waals surface area contributed by atoms with E-state index in [4.69, 9.17) is 9.47 Å². The second-order valence-electron chi connectivity index (χ2n) is 5.40. The fourth-order valence-electron chi connectivity index (χ4n) is 2.17. The maximum absolute atomic E-state index is 12.1. The molecule has 0 aliphatic heterocycles. The van der Waals surface area contributed by atoms with E-state index in [0.29, 0.717) is 23.5 Å². The fourth-order valence-corrected chi connectivity index (χ4v) is 3.45. The Kier molecular flexibility index (Phi) is 5.28. The highest BCUT2D eigenvalue weighted by atomic mass is 32.2. The van der Waals surface area contributed by atoms with Crippen LogP contribution < -0.4 is 4.74 Å². The van der Waals surface area contributed by atoms with Crippen LogP contribution in [0.3, 0.4) is 0 Å². The van der Waals surface area contributed by atoms with E-state index in [1.54, 1.807) is 31.0 Å². The minimum absolute atomic E-state index is 0.0619. The number of hydrogen-bond donors (Lipinski definition) is 0. The minimum atomic E-state index is -0.160. The number of rotatable bonds is 8. The van der Waals surface area contributed by atoms with Crippen molar-refractivity contribution < 1.29 is 19.1 Å². The summed E-state index contributed by atoms with van der Waals surface area (Å²) in [7, 11) is 3.00. The SMILES string of the molecule is COC(=O)CC1(CSCC(=O)c2cccc(OC)c2)CC1. The first kappa shape index (κ1) is 15.9. The molecule has 5 heteroatoms. The molecule has 1 fully saturated rings. The van der Waals surface area contributed by atoms with Gasteiger partial charge in [0, 0.05) is 5.56 Å². The van der Waals surface area contributed by atoms with Crippen molar-refractivity contribution in [1.82, 2.24) is 0 Å². The molecule has 1 saturated carbocycles. The van der Waals surface area contributed by atoms with Gasteiger partial charge in [0.25, 0.3) is 0 Å². The number of benzene rings is 1. The van der Waals surface area contributed by atoms with Gasteiger partial charge in [-0.3, -0.25) is 9.59 Å². The molecule has 114 valence electrons. The third-order valence-electron chi connectivity index (χ3n) is 3.74. The number of Topliss-reactive ketones (excluding diaryl/α,β-unsaturated/α-hetero) is 1. The largest absolute Gasteiger partial charge is 0.497 e. The zero-order chi connectivity index (χ0) is 15.3. The van der Waals surface area contributed by atoms with E-state index in [1.165, 1.54) is 7.11 Å². The summed E-state index contributed by atoms with van der Waals surface area (Å²) in [6, 6.07) is 7.19. The van der Waals surface area contributed by atoms with Crippen molar-refractivity contribution in [2.45, 2.75) is 19.3 Å². The molecule has 0 heterocycles. The molecule has 0 saturated heterocycles. The van der Waals surface area contributed by atoms with E-state index in [9.17, 15) is 9.59 Å². The average Bonchev–Trinajstić information content (AvgIpc) is 3.26. The van der Waals surface area contributed by atoms with Crippen LogP contribution in [0, 0.1) is 5.41 Å². The second-order valence-corrected chi connectivity index (χ2v) is 6.39. The van der Waals surface area contributed by atoms with Crippen LogP contribution in [-0.2, 0) is 9.53 Å². The van der Waals surface area contributed by atoms with Crippen LogP contribution >= 0.6 is 11.8 Å². The highest BCUT2D eigenvalue weighted by Crippen LogP contribution is 2.51. The molecular weight excluding hydrogens is 288 g/mol. The molecule has 2 rings (SSSR count). The van der Waals surface area contributed by atoms with Gasteiger partial charge in [0.05, 0.1) is 26.4 Å². The number of thioether (sulfide) groups is 1. The number of ketones is 1. The smallest absolute Gasteiger partial charge is 0.306 e. The molecule has 21 heavy (non-hydrogen) atoms. The van der Waals surface area contributed by atoms with Gasteiger partial charge < -0.3 is 9.47 Å². The van der Waals surface area contributed by atoms with Gasteiger partial charge in [0.2, 0.25) is 0 Å². The molecule has 1 aromatic carbocycles. The Bertz CT molecular complexity index is 523. The van der Waals surface area contributed by atoms with E-state index in [-0.39, 0.29) is 17.2 Å². The van der Waals surface area contributed by atoms with E-state index >= 15 is 0 Å². The van der Waals surface area contributed by atoms with Crippen molar-refractivity contribution in [3.05, 3.63) is 29.8 Å². The van der Waals surface area contributed by atoms with Crippen LogP contribution in [0.1, 0.15) is 29.6 Å². The van der Waals surface area contributed by atoms with Gasteiger partial charge in [0.1, 0.15) is 5.75 Å². The van der Waals surface area contributed by atoms with E-state index in [0.717, 1.165) is 18.6 Å². The Morgan fingerprint density at radius 3 is 2.67 bits per heavy atom. The lowest BCUT2D eigenvalue weighted by Crippen LogP contribution is -2.14. The molecule has 0 atom stereocenters. The van der Waals surface area contributed by atoms with Gasteiger partial charge in [-0.15, -0.1) is 0 Å². The number of carbonyl (C=O) groups excluding carboxylic acids is 2. The molecule has 1 aliphatic rings. The zero-order valence-electron chi connectivity index (χ0n) is 12.4. The molecule has 0 N–H and O–H groups in total. The average molecular weight is 308 g/mol. The van der Waals surface area contributed by atoms with Crippen LogP contribution in [0.4, 0.5) is 0 Å². The topological polar surface area (TPSA) is 52.6 Å². The van der Waals surface area contributed by atoms with Gasteiger partial charge in [-0.25, -0.2) is 0 Å². The van der Waals surface area contributed by atoms with E-state index < -0.39 is 0 Å². The summed E-state index contributed by atoms with van der Waals surface area (Å²) in [6.07, 6.45) is 2.55. The molecule has 0 unspecified atom stereocenters. The Hall–Kier alpha value is -1.49. The molecule has 0 bridgehead atoms. The van der Waals surface area contributed by atoms with Crippen molar-refractivity contribution in [2.75, 3.05) is 25.7 Å². The van der Waals surface area contributed by atoms with E-state index in [2.05, 4.69) is 0 Å². The Morgan fingerprint density at radius 1 is 1.29 bits per heavy atom. The number of ether oxygens (including phenoxy) is 2. The number of carbonyl (C=O) groups is 2. The third kappa shape index (κ3) is 4.49. The summed E-state index contributed by atoms with van der Waals surface area (Å²) in [5.41, 5.74) is 0.728. The second kappa shape index (κ2) is 6.98. The summed E-state index contributed by atoms with van der Waals surface area (Å²) in [6.45, 7) is 0. The molecular formula is C16H20O4S. The van der Waals surface area contributed by atoms with E-state index in [1.807, 2.05) is 12.1 Å². The van der Waals surface area contributed by atoms with Crippen molar-refractivity contribution in [2.24, 2.45) is 5.41 Å². The fraction of sp³-hybridized carbons (Fsp3) is 0.500. The van der Waals surface area contributed by atoms with Crippen molar-refractivity contribution in [3.63, 3.8) is 0 Å². The van der Waals surface area contributed by atoms with Crippen molar-refractivity contribution in [1.29, 1.82) is 0 Å². The maximum Gasteiger partial charge on any atom is 0.306 e. The standard InChI is InChI=1S/C16H20O4S/c1-19-13-5-3-4-12(8-13)14(17)10-21-11-16(6-7-16)9-15(18)20-2/h3-5,8H,6-7,9-11H2,1-2H3. The summed E-state index contributed by atoms with van der Waals surface area (Å²) in [5.74, 6) is 1.88. The zero-order valence-corrected chi connectivity index (χ0v) is 13.2. The van der Waals surface area contributed by atoms with Crippen LogP contribution in [0.15, 0.2) is 24.3 Å². The quantitative estimate of drug-likeness (QED) is 0.546. The summed E-state index contributed by atoms with van der Waals surface area (Å²) >= 11 is 1.59. The molecule has 0 radical (unpaired) electrons. The summed E-state index contributed by atoms with van der Waals surface area (Å²) in [4.78, 5) is 23.5. The lowest BCUT2D eigenvalue weighted by molar-refractivity contribution is -0.141. The normalized spacial score (nSPS) is 15.3.